The Morgan fingerprint density at radius 3 is 2.13 bits per heavy atom. The molecule has 0 radical (unpaired) electrons. The Kier molecular flexibility index (Phi) is 7.55. The van der Waals surface area contributed by atoms with Crippen molar-refractivity contribution in [1.29, 1.82) is 0 Å². The van der Waals surface area contributed by atoms with E-state index in [4.69, 9.17) is 21.1 Å². The summed E-state index contributed by atoms with van der Waals surface area (Å²) in [6.07, 6.45) is 0.233. The number of benzene rings is 3. The zero-order valence-electron chi connectivity index (χ0n) is 21.7. The molecule has 0 aliphatic carbocycles. The van der Waals surface area contributed by atoms with E-state index in [1.807, 2.05) is 79.7 Å². The van der Waals surface area contributed by atoms with Crippen LogP contribution in [0.4, 0.5) is 0 Å². The molecule has 2 heterocycles. The van der Waals surface area contributed by atoms with E-state index in [1.54, 1.807) is 12.1 Å². The van der Waals surface area contributed by atoms with Gasteiger partial charge in [0.25, 0.3) is 11.8 Å². The summed E-state index contributed by atoms with van der Waals surface area (Å²) in [4.78, 5) is 41.9. The monoisotopic (exact) mass is 544 g/mol. The lowest BCUT2D eigenvalue weighted by atomic mass is 9.80. The number of esters is 1. The molecule has 0 bridgehead atoms. The van der Waals surface area contributed by atoms with Crippen LogP contribution in [0.5, 0.6) is 0 Å². The topological polar surface area (TPSA) is 84.9 Å². The molecular formula is C31H29ClN2O5. The van der Waals surface area contributed by atoms with Crippen molar-refractivity contribution < 1.29 is 23.9 Å². The quantitative estimate of drug-likeness (QED) is 0.189. The van der Waals surface area contributed by atoms with E-state index >= 15 is 0 Å². The van der Waals surface area contributed by atoms with Crippen LogP contribution >= 0.6 is 11.6 Å². The maximum absolute atomic E-state index is 13.8. The predicted octanol–water partition coefficient (Wildman–Crippen LogP) is 4.90. The number of rotatable bonds is 8. The van der Waals surface area contributed by atoms with Crippen LogP contribution in [0.15, 0.2) is 96.2 Å². The Bertz CT molecular complexity index is 1370. The number of nitrogens with zero attached hydrogens (tertiary/aromatic N) is 1. The Balaban J connectivity index is 1.43. The molecule has 39 heavy (non-hydrogen) atoms. The number of carbonyl (C=O) groups is 3. The summed E-state index contributed by atoms with van der Waals surface area (Å²) in [7, 11) is 1.38. The van der Waals surface area contributed by atoms with Crippen LogP contribution < -0.4 is 5.32 Å². The molecule has 1 fully saturated rings. The third-order valence-electron chi connectivity index (χ3n) is 7.33. The summed E-state index contributed by atoms with van der Waals surface area (Å²) in [6, 6.07) is 25.3. The fourth-order valence-corrected chi connectivity index (χ4v) is 5.51. The molecule has 0 aromatic heterocycles. The maximum atomic E-state index is 13.8. The van der Waals surface area contributed by atoms with E-state index in [0.29, 0.717) is 24.0 Å². The number of methoxy groups -OCH3 is 1. The lowest BCUT2D eigenvalue weighted by molar-refractivity contribution is -0.203. The molecule has 1 saturated heterocycles. The summed E-state index contributed by atoms with van der Waals surface area (Å²) in [6.45, 7) is 1.93. The molecule has 200 valence electrons. The van der Waals surface area contributed by atoms with Gasteiger partial charge in [0.15, 0.2) is 6.10 Å². The van der Waals surface area contributed by atoms with Crippen LogP contribution in [0.1, 0.15) is 46.0 Å². The molecule has 0 unspecified atom stereocenters. The van der Waals surface area contributed by atoms with Crippen LogP contribution in [0.25, 0.3) is 0 Å². The molecule has 8 heteroatoms. The standard InChI is InChI=1S/C31H29ClN2O5/c1-20-13-15-23(16-14-20)28(35)33-31(38-2)25-18-17-24(19-32)26(34(25)30(31)37)29(36)39-27(21-9-5-3-6-10-21)22-11-7-4-8-12-22/h3-16,25,27H,17-19H2,1-2H3,(H,33,35)/t25-,31-/m1/s1. The van der Waals surface area contributed by atoms with E-state index in [-0.39, 0.29) is 11.6 Å². The van der Waals surface area contributed by atoms with E-state index in [1.165, 1.54) is 12.0 Å². The van der Waals surface area contributed by atoms with Crippen molar-refractivity contribution in [2.24, 2.45) is 0 Å². The average Bonchev–Trinajstić information content (AvgIpc) is 2.98. The second kappa shape index (κ2) is 11.0. The van der Waals surface area contributed by atoms with Gasteiger partial charge in [0.2, 0.25) is 5.72 Å². The Labute approximate surface area is 232 Å². The van der Waals surface area contributed by atoms with Gasteiger partial charge in [-0.15, -0.1) is 11.6 Å². The smallest absolute Gasteiger partial charge is 0.356 e. The molecule has 2 atom stereocenters. The van der Waals surface area contributed by atoms with E-state index in [0.717, 1.165) is 16.7 Å². The molecule has 3 aromatic rings. The molecule has 2 amide bonds. The second-order valence-corrected chi connectivity index (χ2v) is 9.95. The lowest BCUT2D eigenvalue weighted by Crippen LogP contribution is -2.81. The van der Waals surface area contributed by atoms with Gasteiger partial charge < -0.3 is 14.8 Å². The van der Waals surface area contributed by atoms with Crippen LogP contribution in [-0.2, 0) is 19.1 Å². The van der Waals surface area contributed by atoms with Gasteiger partial charge in [-0.05, 0) is 48.6 Å². The minimum absolute atomic E-state index is 0.0674. The number of ether oxygens (including phenoxy) is 2. The third kappa shape index (κ3) is 4.84. The normalized spacial score (nSPS) is 20.4. The number of amides is 2. The van der Waals surface area contributed by atoms with Gasteiger partial charge in [-0.1, -0.05) is 78.4 Å². The van der Waals surface area contributed by atoms with Crippen LogP contribution in [0.3, 0.4) is 0 Å². The van der Waals surface area contributed by atoms with Crippen molar-refractivity contribution in [2.45, 2.75) is 37.6 Å². The number of halogens is 1. The summed E-state index contributed by atoms with van der Waals surface area (Å²) in [5.41, 5.74) is 2.14. The molecule has 5 rings (SSSR count). The number of allylic oxidation sites excluding steroid dienone is 1. The lowest BCUT2D eigenvalue weighted by Gasteiger charge is -2.56. The Morgan fingerprint density at radius 2 is 1.59 bits per heavy atom. The van der Waals surface area contributed by atoms with Gasteiger partial charge in [-0.3, -0.25) is 14.5 Å². The highest BCUT2D eigenvalue weighted by Crippen LogP contribution is 2.44. The van der Waals surface area contributed by atoms with Crippen molar-refractivity contribution >= 4 is 29.4 Å². The van der Waals surface area contributed by atoms with Crippen LogP contribution in [-0.4, -0.2) is 47.4 Å². The van der Waals surface area contributed by atoms with Crippen molar-refractivity contribution in [3.63, 3.8) is 0 Å². The van der Waals surface area contributed by atoms with Crippen molar-refractivity contribution in [3.05, 3.63) is 118 Å². The summed E-state index contributed by atoms with van der Waals surface area (Å²) in [5, 5.41) is 2.79. The number of hydrogen-bond donors (Lipinski definition) is 1. The van der Waals surface area contributed by atoms with E-state index < -0.39 is 35.7 Å². The number of aryl methyl sites for hydroxylation is 1. The Hall–Kier alpha value is -3.94. The molecule has 1 N–H and O–H groups in total. The highest BCUT2D eigenvalue weighted by atomic mass is 35.5. The number of β-lactam (4-membered cyclic amide) rings is 1. The molecule has 7 nitrogen and oxygen atoms in total. The van der Waals surface area contributed by atoms with Crippen LogP contribution in [0.2, 0.25) is 0 Å². The zero-order chi connectivity index (χ0) is 27.6. The minimum Gasteiger partial charge on any atom is -0.448 e. The van der Waals surface area contributed by atoms with Gasteiger partial charge in [0.05, 0.1) is 6.04 Å². The van der Waals surface area contributed by atoms with Crippen molar-refractivity contribution in [3.8, 4) is 0 Å². The number of carbonyl (C=O) groups excluding carboxylic acids is 3. The second-order valence-electron chi connectivity index (χ2n) is 9.68. The first-order valence-electron chi connectivity index (χ1n) is 12.8. The molecule has 3 aromatic carbocycles. The molecule has 2 aliphatic heterocycles. The van der Waals surface area contributed by atoms with E-state index in [2.05, 4.69) is 5.32 Å². The van der Waals surface area contributed by atoms with Crippen molar-refractivity contribution in [2.75, 3.05) is 13.0 Å². The zero-order valence-corrected chi connectivity index (χ0v) is 22.5. The van der Waals surface area contributed by atoms with Gasteiger partial charge in [-0.2, -0.15) is 0 Å². The first kappa shape index (κ1) is 26.7. The first-order valence-corrected chi connectivity index (χ1v) is 13.3. The average molecular weight is 545 g/mol. The fourth-order valence-electron chi connectivity index (χ4n) is 5.24. The van der Waals surface area contributed by atoms with E-state index in [9.17, 15) is 14.4 Å². The molecular weight excluding hydrogens is 516 g/mol. The summed E-state index contributed by atoms with van der Waals surface area (Å²) in [5.74, 6) is -1.57. The number of fused-ring (bicyclic) bond motifs is 1. The Morgan fingerprint density at radius 1 is 1.00 bits per heavy atom. The SMILES string of the molecule is CO[C@@]1(NC(=O)c2ccc(C)cc2)C(=O)N2C(C(=O)OC(c3ccccc3)c3ccccc3)=C(CCl)CC[C@@H]21. The van der Waals surface area contributed by atoms with Gasteiger partial charge in [0, 0.05) is 18.6 Å². The molecule has 2 aliphatic rings. The molecule has 0 spiro atoms. The van der Waals surface area contributed by atoms with Gasteiger partial charge >= 0.3 is 5.97 Å². The van der Waals surface area contributed by atoms with Crippen LogP contribution in [0, 0.1) is 6.92 Å². The minimum atomic E-state index is -1.59. The number of nitrogens with one attached hydrogen (secondary N) is 1. The van der Waals surface area contributed by atoms with Gasteiger partial charge in [-0.25, -0.2) is 4.79 Å². The highest BCUT2D eigenvalue weighted by Gasteiger charge is 2.66. The third-order valence-corrected chi connectivity index (χ3v) is 7.65. The summed E-state index contributed by atoms with van der Waals surface area (Å²) < 4.78 is 11.7. The van der Waals surface area contributed by atoms with Gasteiger partial charge in [0.1, 0.15) is 5.70 Å². The summed E-state index contributed by atoms with van der Waals surface area (Å²) >= 11 is 6.25. The maximum Gasteiger partial charge on any atom is 0.356 e. The van der Waals surface area contributed by atoms with Crippen molar-refractivity contribution in [1.82, 2.24) is 10.2 Å². The highest BCUT2D eigenvalue weighted by molar-refractivity contribution is 6.20. The largest absolute Gasteiger partial charge is 0.448 e. The predicted molar refractivity (Wildman–Crippen MR) is 147 cm³/mol. The number of hydrogen-bond acceptors (Lipinski definition) is 5. The first-order chi connectivity index (χ1) is 18.9. The molecule has 0 saturated carbocycles. The number of alkyl halides is 1. The fraction of sp³-hybridized carbons (Fsp3) is 0.258.